The molecule has 1 saturated heterocycles. The lowest BCUT2D eigenvalue weighted by Crippen LogP contribution is -2.48. The number of ether oxygens (including phenoxy) is 1. The highest BCUT2D eigenvalue weighted by atomic mass is 35.5. The van der Waals surface area contributed by atoms with Gasteiger partial charge in [-0.1, -0.05) is 0 Å². The molecular formula is C15H27ClN2O2. The van der Waals surface area contributed by atoms with Gasteiger partial charge in [-0.15, -0.1) is 12.4 Å². The fourth-order valence-electron chi connectivity index (χ4n) is 4.30. The number of nitrogens with zero attached hydrogens (tertiary/aromatic N) is 1. The number of nitrogens with two attached hydrogens (primary N) is 1. The number of carbonyl (C=O) groups is 1. The van der Waals surface area contributed by atoms with Crippen molar-refractivity contribution in [2.24, 2.45) is 23.5 Å². The number of rotatable bonds is 3. The summed E-state index contributed by atoms with van der Waals surface area (Å²) in [6.07, 6.45) is 7.29. The van der Waals surface area contributed by atoms with Gasteiger partial charge in [-0.3, -0.25) is 4.79 Å². The Bertz CT molecular complexity index is 345. The predicted molar refractivity (Wildman–Crippen MR) is 80.8 cm³/mol. The maximum absolute atomic E-state index is 12.6. The molecule has 3 fully saturated rings. The summed E-state index contributed by atoms with van der Waals surface area (Å²) < 4.78 is 5.73. The second-order valence-corrected chi connectivity index (χ2v) is 6.64. The van der Waals surface area contributed by atoms with Crippen LogP contribution in [0.3, 0.4) is 0 Å². The lowest BCUT2D eigenvalue weighted by molar-refractivity contribution is -0.138. The van der Waals surface area contributed by atoms with Crippen molar-refractivity contribution in [1.29, 1.82) is 0 Å². The van der Waals surface area contributed by atoms with E-state index in [1.54, 1.807) is 0 Å². The van der Waals surface area contributed by atoms with Crippen LogP contribution in [0, 0.1) is 17.8 Å². The second-order valence-electron chi connectivity index (χ2n) is 6.64. The van der Waals surface area contributed by atoms with E-state index in [1.807, 2.05) is 11.9 Å². The van der Waals surface area contributed by atoms with E-state index in [-0.39, 0.29) is 36.4 Å². The third-order valence-electron chi connectivity index (χ3n) is 5.39. The fourth-order valence-corrected chi connectivity index (χ4v) is 4.30. The minimum atomic E-state index is 0. The Labute approximate surface area is 127 Å². The molecule has 116 valence electrons. The molecule has 0 spiro atoms. The third kappa shape index (κ3) is 2.97. The molecule has 4 nitrogen and oxygen atoms in total. The highest BCUT2D eigenvalue weighted by molar-refractivity contribution is 5.85. The topological polar surface area (TPSA) is 55.6 Å². The van der Waals surface area contributed by atoms with E-state index in [0.717, 1.165) is 26.0 Å². The van der Waals surface area contributed by atoms with Crippen molar-refractivity contribution in [3.05, 3.63) is 0 Å². The first-order chi connectivity index (χ1) is 9.16. The zero-order chi connectivity index (χ0) is 13.4. The average Bonchev–Trinajstić information content (AvgIpc) is 3.00. The minimum absolute atomic E-state index is 0. The number of fused-ring (bicyclic) bond motifs is 2. The van der Waals surface area contributed by atoms with Crippen LogP contribution in [-0.4, -0.2) is 43.2 Å². The van der Waals surface area contributed by atoms with Gasteiger partial charge in [0.05, 0.1) is 12.0 Å². The molecule has 0 aromatic carbocycles. The molecule has 1 aliphatic heterocycles. The first kappa shape index (κ1) is 16.1. The van der Waals surface area contributed by atoms with E-state index < -0.39 is 0 Å². The highest BCUT2D eigenvalue weighted by Gasteiger charge is 2.49. The molecule has 0 aromatic heterocycles. The summed E-state index contributed by atoms with van der Waals surface area (Å²) in [7, 11) is 1.92. The van der Waals surface area contributed by atoms with Crippen LogP contribution in [0.25, 0.3) is 0 Å². The van der Waals surface area contributed by atoms with Crippen LogP contribution in [0.1, 0.15) is 38.5 Å². The summed E-state index contributed by atoms with van der Waals surface area (Å²) in [5.74, 6) is 1.47. The van der Waals surface area contributed by atoms with Gasteiger partial charge in [-0.05, 0) is 50.4 Å². The lowest BCUT2D eigenvalue weighted by Gasteiger charge is -2.33. The Hall–Kier alpha value is -0.320. The predicted octanol–water partition coefficient (Wildman–Crippen LogP) is 1.81. The van der Waals surface area contributed by atoms with Crippen LogP contribution in [0.5, 0.6) is 0 Å². The van der Waals surface area contributed by atoms with E-state index in [1.165, 1.54) is 25.7 Å². The maximum Gasteiger partial charge on any atom is 0.227 e. The van der Waals surface area contributed by atoms with E-state index >= 15 is 0 Å². The molecule has 5 unspecified atom stereocenters. The van der Waals surface area contributed by atoms with Gasteiger partial charge in [0.25, 0.3) is 0 Å². The molecule has 2 bridgehead atoms. The number of hydrogen-bond acceptors (Lipinski definition) is 3. The van der Waals surface area contributed by atoms with E-state index in [0.29, 0.717) is 11.8 Å². The molecule has 1 heterocycles. The minimum Gasteiger partial charge on any atom is -0.376 e. The van der Waals surface area contributed by atoms with Crippen LogP contribution in [0.15, 0.2) is 0 Å². The molecule has 20 heavy (non-hydrogen) atoms. The monoisotopic (exact) mass is 302 g/mol. The van der Waals surface area contributed by atoms with Crippen LogP contribution in [0.4, 0.5) is 0 Å². The van der Waals surface area contributed by atoms with E-state index in [2.05, 4.69) is 0 Å². The molecule has 5 atom stereocenters. The third-order valence-corrected chi connectivity index (χ3v) is 5.39. The fraction of sp³-hybridized carbons (Fsp3) is 0.933. The summed E-state index contributed by atoms with van der Waals surface area (Å²) in [6.45, 7) is 1.58. The average molecular weight is 303 g/mol. The van der Waals surface area contributed by atoms with Crippen molar-refractivity contribution >= 4 is 18.3 Å². The quantitative estimate of drug-likeness (QED) is 0.865. The summed E-state index contributed by atoms with van der Waals surface area (Å²) in [6, 6.07) is 0.0981. The van der Waals surface area contributed by atoms with Gasteiger partial charge in [-0.25, -0.2) is 0 Å². The van der Waals surface area contributed by atoms with E-state index in [9.17, 15) is 4.79 Å². The van der Waals surface area contributed by atoms with Crippen molar-refractivity contribution in [2.45, 2.75) is 50.7 Å². The second kappa shape index (κ2) is 6.63. The Morgan fingerprint density at radius 1 is 1.25 bits per heavy atom. The standard InChI is InChI=1S/C15H26N2O2.ClH/c1-17(9-12-4-2-3-7-19-12)15(18)13-10-5-6-11(8-10)14(13)16;/h10-14H,2-9,16H2,1H3;1H. The van der Waals surface area contributed by atoms with Crippen LogP contribution in [-0.2, 0) is 9.53 Å². The zero-order valence-electron chi connectivity index (χ0n) is 12.3. The number of carbonyl (C=O) groups excluding carboxylic acids is 1. The van der Waals surface area contributed by atoms with Gasteiger partial charge < -0.3 is 15.4 Å². The molecule has 1 amide bonds. The van der Waals surface area contributed by atoms with Gasteiger partial charge in [0.2, 0.25) is 5.91 Å². The molecule has 5 heteroatoms. The zero-order valence-corrected chi connectivity index (χ0v) is 13.1. The number of halogens is 1. The normalized spacial score (nSPS) is 39.4. The Morgan fingerprint density at radius 3 is 2.60 bits per heavy atom. The van der Waals surface area contributed by atoms with Crippen LogP contribution < -0.4 is 5.73 Å². The molecule has 3 aliphatic rings. The van der Waals surface area contributed by atoms with Gasteiger partial charge in [0.1, 0.15) is 0 Å². The Balaban J connectivity index is 0.00000147. The van der Waals surface area contributed by atoms with Gasteiger partial charge in [0, 0.05) is 26.2 Å². The number of likely N-dealkylation sites (N-methyl/N-ethyl adjacent to an activating group) is 1. The van der Waals surface area contributed by atoms with Gasteiger partial charge in [-0.2, -0.15) is 0 Å². The van der Waals surface area contributed by atoms with Crippen LogP contribution >= 0.6 is 12.4 Å². The van der Waals surface area contributed by atoms with Crippen LogP contribution in [0.2, 0.25) is 0 Å². The molecule has 0 aromatic rings. The Morgan fingerprint density at radius 2 is 2.00 bits per heavy atom. The number of hydrogen-bond donors (Lipinski definition) is 1. The summed E-state index contributed by atoms with van der Waals surface area (Å²) in [4.78, 5) is 14.5. The first-order valence-corrected chi connectivity index (χ1v) is 7.79. The maximum atomic E-state index is 12.6. The summed E-state index contributed by atoms with van der Waals surface area (Å²) in [5, 5.41) is 0. The summed E-state index contributed by atoms with van der Waals surface area (Å²) in [5.41, 5.74) is 6.26. The Kier molecular flexibility index (Phi) is 5.32. The molecule has 3 rings (SSSR count). The van der Waals surface area contributed by atoms with Crippen molar-refractivity contribution < 1.29 is 9.53 Å². The molecule has 0 radical (unpaired) electrons. The number of amides is 1. The first-order valence-electron chi connectivity index (χ1n) is 7.79. The van der Waals surface area contributed by atoms with E-state index in [4.69, 9.17) is 10.5 Å². The lowest BCUT2D eigenvalue weighted by atomic mass is 9.84. The van der Waals surface area contributed by atoms with Crippen molar-refractivity contribution in [3.8, 4) is 0 Å². The van der Waals surface area contributed by atoms with Crippen molar-refractivity contribution in [2.75, 3.05) is 20.2 Å². The smallest absolute Gasteiger partial charge is 0.227 e. The van der Waals surface area contributed by atoms with Gasteiger partial charge in [0.15, 0.2) is 0 Å². The SMILES string of the molecule is CN(CC1CCCCO1)C(=O)C1C2CCC(C2)C1N.Cl. The molecule has 2 N–H and O–H groups in total. The largest absolute Gasteiger partial charge is 0.376 e. The molecular weight excluding hydrogens is 276 g/mol. The molecule has 2 saturated carbocycles. The van der Waals surface area contributed by atoms with Crippen molar-refractivity contribution in [1.82, 2.24) is 4.90 Å². The van der Waals surface area contributed by atoms with Gasteiger partial charge >= 0.3 is 0 Å². The van der Waals surface area contributed by atoms with Crippen molar-refractivity contribution in [3.63, 3.8) is 0 Å². The molecule has 2 aliphatic carbocycles. The summed E-state index contributed by atoms with van der Waals surface area (Å²) >= 11 is 0. The highest BCUT2D eigenvalue weighted by Crippen LogP contribution is 2.48.